The van der Waals surface area contributed by atoms with Crippen LogP contribution in [0.5, 0.6) is 0 Å². The Morgan fingerprint density at radius 3 is 2.80 bits per heavy atom. The molecule has 0 amide bonds. The third kappa shape index (κ3) is 2.72. The monoisotopic (exact) mass is 277 g/mol. The van der Waals surface area contributed by atoms with Crippen molar-refractivity contribution in [3.63, 3.8) is 0 Å². The van der Waals surface area contributed by atoms with Gasteiger partial charge < -0.3 is 15.4 Å². The molecule has 1 saturated heterocycles. The molecule has 1 aromatic carbocycles. The van der Waals surface area contributed by atoms with E-state index in [9.17, 15) is 4.79 Å². The molecule has 1 aromatic rings. The molecule has 110 valence electrons. The number of para-hydroxylation sites is 1. The zero-order valence-electron chi connectivity index (χ0n) is 12.4. The lowest BCUT2D eigenvalue weighted by molar-refractivity contribution is 0.0601. The van der Waals surface area contributed by atoms with E-state index in [2.05, 4.69) is 23.6 Å². The van der Waals surface area contributed by atoms with Gasteiger partial charge in [-0.2, -0.15) is 0 Å². The lowest BCUT2D eigenvalue weighted by Crippen LogP contribution is -2.52. The van der Waals surface area contributed by atoms with Crippen LogP contribution in [0.2, 0.25) is 0 Å². The molecule has 2 rings (SSSR count). The molecule has 0 saturated carbocycles. The molecule has 0 radical (unpaired) electrons. The number of carbonyl (C=O) groups is 1. The molecular formula is C15H23N3O2. The molecule has 1 aliphatic heterocycles. The van der Waals surface area contributed by atoms with Crippen LogP contribution in [0, 0.1) is 0 Å². The van der Waals surface area contributed by atoms with Crippen LogP contribution in [-0.2, 0) is 4.74 Å². The van der Waals surface area contributed by atoms with Gasteiger partial charge in [-0.05, 0) is 25.6 Å². The van der Waals surface area contributed by atoms with E-state index in [1.165, 1.54) is 7.11 Å². The summed E-state index contributed by atoms with van der Waals surface area (Å²) in [5.74, 6) is -0.335. The van der Waals surface area contributed by atoms with E-state index < -0.39 is 0 Å². The van der Waals surface area contributed by atoms with Gasteiger partial charge in [0.25, 0.3) is 0 Å². The van der Waals surface area contributed by atoms with Gasteiger partial charge in [0, 0.05) is 25.7 Å². The van der Waals surface area contributed by atoms with Gasteiger partial charge in [0.1, 0.15) is 0 Å². The van der Waals surface area contributed by atoms with Crippen LogP contribution >= 0.6 is 0 Å². The predicted molar refractivity (Wildman–Crippen MR) is 81.1 cm³/mol. The first-order valence-electron chi connectivity index (χ1n) is 7.04. The van der Waals surface area contributed by atoms with Crippen LogP contribution in [0.3, 0.4) is 0 Å². The molecule has 1 fully saturated rings. The topological polar surface area (TPSA) is 58.8 Å². The molecule has 1 atom stereocenters. The summed E-state index contributed by atoms with van der Waals surface area (Å²) in [4.78, 5) is 16.5. The number of methoxy groups -OCH3 is 1. The number of ether oxygens (including phenoxy) is 1. The fraction of sp³-hybridized carbons (Fsp3) is 0.533. The van der Waals surface area contributed by atoms with Crippen LogP contribution in [0.15, 0.2) is 18.2 Å². The maximum absolute atomic E-state index is 11.9. The number of carbonyl (C=O) groups excluding carboxylic acids is 1. The van der Waals surface area contributed by atoms with E-state index in [4.69, 9.17) is 10.5 Å². The fourth-order valence-electron chi connectivity index (χ4n) is 2.86. The first kappa shape index (κ1) is 14.7. The summed E-state index contributed by atoms with van der Waals surface area (Å²) in [5.41, 5.74) is 8.08. The molecule has 0 bridgehead atoms. The number of anilines is 2. The second kappa shape index (κ2) is 6.13. The smallest absolute Gasteiger partial charge is 0.340 e. The van der Waals surface area contributed by atoms with Crippen molar-refractivity contribution in [2.24, 2.45) is 0 Å². The van der Waals surface area contributed by atoms with Crippen molar-refractivity contribution in [1.29, 1.82) is 0 Å². The highest BCUT2D eigenvalue weighted by Gasteiger charge is 2.26. The molecular weight excluding hydrogens is 254 g/mol. The molecule has 5 heteroatoms. The third-order valence-electron chi connectivity index (χ3n) is 3.96. The normalized spacial score (nSPS) is 19.9. The quantitative estimate of drug-likeness (QED) is 0.671. The van der Waals surface area contributed by atoms with E-state index in [0.717, 1.165) is 31.9 Å². The maximum Gasteiger partial charge on any atom is 0.340 e. The number of benzene rings is 1. The highest BCUT2D eigenvalue weighted by atomic mass is 16.5. The minimum absolute atomic E-state index is 0.335. The van der Waals surface area contributed by atoms with E-state index in [1.54, 1.807) is 12.1 Å². The van der Waals surface area contributed by atoms with E-state index in [0.29, 0.717) is 17.3 Å². The minimum Gasteiger partial charge on any atom is -0.465 e. The summed E-state index contributed by atoms with van der Waals surface area (Å²) in [7, 11) is 1.40. The molecule has 1 heterocycles. The number of likely N-dealkylation sites (N-methyl/N-ethyl adjacent to an activating group) is 1. The molecule has 20 heavy (non-hydrogen) atoms. The van der Waals surface area contributed by atoms with Crippen molar-refractivity contribution >= 4 is 17.3 Å². The number of nitrogens with two attached hydrogens (primary N) is 1. The van der Waals surface area contributed by atoms with Gasteiger partial charge in [-0.3, -0.25) is 4.90 Å². The molecule has 5 nitrogen and oxygen atoms in total. The molecule has 2 N–H and O–H groups in total. The second-order valence-corrected chi connectivity index (χ2v) is 5.16. The second-order valence-electron chi connectivity index (χ2n) is 5.16. The number of nitrogen functional groups attached to an aromatic ring is 1. The number of hydrogen-bond acceptors (Lipinski definition) is 5. The van der Waals surface area contributed by atoms with Crippen molar-refractivity contribution < 1.29 is 9.53 Å². The Morgan fingerprint density at radius 1 is 1.45 bits per heavy atom. The Morgan fingerprint density at radius 2 is 2.20 bits per heavy atom. The van der Waals surface area contributed by atoms with Gasteiger partial charge in [-0.15, -0.1) is 0 Å². The first-order valence-corrected chi connectivity index (χ1v) is 7.04. The number of esters is 1. The zero-order chi connectivity index (χ0) is 14.7. The third-order valence-corrected chi connectivity index (χ3v) is 3.96. The average molecular weight is 277 g/mol. The SMILES string of the molecule is CCN1CCN(c2c(N)cccc2C(=O)OC)CC1C. The summed E-state index contributed by atoms with van der Waals surface area (Å²) in [6, 6.07) is 5.84. The lowest BCUT2D eigenvalue weighted by Gasteiger charge is -2.41. The van der Waals surface area contributed by atoms with Crippen molar-refractivity contribution in [2.45, 2.75) is 19.9 Å². The standard InChI is InChI=1S/C15H23N3O2/c1-4-17-8-9-18(10-11(17)2)14-12(15(19)20-3)6-5-7-13(14)16/h5-7,11H,4,8-10,16H2,1-3H3. The fourth-order valence-corrected chi connectivity index (χ4v) is 2.86. The number of rotatable bonds is 3. The van der Waals surface area contributed by atoms with Crippen molar-refractivity contribution in [1.82, 2.24) is 4.90 Å². The highest BCUT2D eigenvalue weighted by molar-refractivity contribution is 5.99. The summed E-state index contributed by atoms with van der Waals surface area (Å²) >= 11 is 0. The zero-order valence-corrected chi connectivity index (χ0v) is 12.4. The number of piperazine rings is 1. The Kier molecular flexibility index (Phi) is 4.49. The van der Waals surface area contributed by atoms with Crippen molar-refractivity contribution in [2.75, 3.05) is 43.9 Å². The van der Waals surface area contributed by atoms with Crippen LogP contribution in [0.25, 0.3) is 0 Å². The maximum atomic E-state index is 11.9. The first-order chi connectivity index (χ1) is 9.58. The van der Waals surface area contributed by atoms with E-state index in [1.807, 2.05) is 6.07 Å². The molecule has 0 spiro atoms. The van der Waals surface area contributed by atoms with Gasteiger partial charge in [-0.1, -0.05) is 13.0 Å². The van der Waals surface area contributed by atoms with Gasteiger partial charge in [-0.25, -0.2) is 4.79 Å². The summed E-state index contributed by atoms with van der Waals surface area (Å²) in [6.07, 6.45) is 0. The largest absolute Gasteiger partial charge is 0.465 e. The van der Waals surface area contributed by atoms with E-state index in [-0.39, 0.29) is 5.97 Å². The Labute approximate surface area is 120 Å². The van der Waals surface area contributed by atoms with Gasteiger partial charge >= 0.3 is 5.97 Å². The number of nitrogens with zero attached hydrogens (tertiary/aromatic N) is 2. The molecule has 0 aliphatic carbocycles. The Hall–Kier alpha value is -1.75. The van der Waals surface area contributed by atoms with Crippen LogP contribution in [0.1, 0.15) is 24.2 Å². The van der Waals surface area contributed by atoms with Crippen LogP contribution < -0.4 is 10.6 Å². The Balaban J connectivity index is 2.31. The van der Waals surface area contributed by atoms with Crippen molar-refractivity contribution in [3.8, 4) is 0 Å². The lowest BCUT2D eigenvalue weighted by atomic mass is 10.1. The van der Waals surface area contributed by atoms with Gasteiger partial charge in [0.2, 0.25) is 0 Å². The molecule has 1 unspecified atom stereocenters. The number of hydrogen-bond donors (Lipinski definition) is 1. The highest BCUT2D eigenvalue weighted by Crippen LogP contribution is 2.30. The summed E-state index contributed by atoms with van der Waals surface area (Å²) in [6.45, 7) is 8.13. The Bertz CT molecular complexity index is 490. The van der Waals surface area contributed by atoms with Gasteiger partial charge in [0.15, 0.2) is 0 Å². The molecule has 1 aliphatic rings. The van der Waals surface area contributed by atoms with E-state index >= 15 is 0 Å². The predicted octanol–water partition coefficient (Wildman–Crippen LogP) is 1.59. The minimum atomic E-state index is -0.335. The van der Waals surface area contributed by atoms with Crippen molar-refractivity contribution in [3.05, 3.63) is 23.8 Å². The van der Waals surface area contributed by atoms with Gasteiger partial charge in [0.05, 0.1) is 24.0 Å². The van der Waals surface area contributed by atoms with Crippen LogP contribution in [-0.4, -0.2) is 50.2 Å². The van der Waals surface area contributed by atoms with Crippen LogP contribution in [0.4, 0.5) is 11.4 Å². The summed E-state index contributed by atoms with van der Waals surface area (Å²) < 4.78 is 4.86. The average Bonchev–Trinajstić information content (AvgIpc) is 2.46. The summed E-state index contributed by atoms with van der Waals surface area (Å²) in [5, 5.41) is 0. The molecule has 0 aromatic heterocycles.